The Bertz CT molecular complexity index is 1020. The maximum absolute atomic E-state index is 12.1. The van der Waals surface area contributed by atoms with Crippen LogP contribution in [0.1, 0.15) is 31.1 Å². The van der Waals surface area contributed by atoms with E-state index in [1.807, 2.05) is 24.3 Å². The highest BCUT2D eigenvalue weighted by Crippen LogP contribution is 2.31. The number of amides is 1. The van der Waals surface area contributed by atoms with Crippen molar-refractivity contribution in [3.8, 4) is 11.3 Å². The molecule has 1 aromatic heterocycles. The third-order valence-corrected chi connectivity index (χ3v) is 4.43. The van der Waals surface area contributed by atoms with Gasteiger partial charge in [0.1, 0.15) is 11.5 Å². The number of rotatable bonds is 8. The molecule has 6 nitrogen and oxygen atoms in total. The molecule has 6 heteroatoms. The highest BCUT2D eigenvalue weighted by atomic mass is 16.6. The Balaban J connectivity index is 1.64. The topological polar surface area (TPSA) is 85.4 Å². The van der Waals surface area contributed by atoms with Crippen molar-refractivity contribution < 1.29 is 14.1 Å². The molecular formula is C23H22N2O4. The van der Waals surface area contributed by atoms with Crippen LogP contribution in [0.5, 0.6) is 0 Å². The van der Waals surface area contributed by atoms with Crippen LogP contribution in [0.2, 0.25) is 0 Å². The number of carbonyl (C=O) groups is 1. The lowest BCUT2D eigenvalue weighted by molar-refractivity contribution is -0.384. The molecular weight excluding hydrogens is 368 g/mol. The number of hydrogen-bond acceptors (Lipinski definition) is 4. The molecule has 0 aliphatic rings. The molecule has 0 radical (unpaired) electrons. The summed E-state index contributed by atoms with van der Waals surface area (Å²) >= 11 is 0. The number of nitrogens with zero attached hydrogens (tertiary/aromatic N) is 1. The van der Waals surface area contributed by atoms with Gasteiger partial charge in [0.15, 0.2) is 0 Å². The first-order valence-corrected chi connectivity index (χ1v) is 9.48. The van der Waals surface area contributed by atoms with E-state index in [2.05, 4.69) is 12.2 Å². The van der Waals surface area contributed by atoms with Crippen molar-refractivity contribution in [2.24, 2.45) is 0 Å². The Labute approximate surface area is 169 Å². The lowest BCUT2D eigenvalue weighted by Crippen LogP contribution is -2.07. The molecule has 0 atom stereocenters. The average molecular weight is 390 g/mol. The zero-order valence-electron chi connectivity index (χ0n) is 16.1. The molecule has 0 spiro atoms. The Morgan fingerprint density at radius 2 is 1.86 bits per heavy atom. The van der Waals surface area contributed by atoms with Gasteiger partial charge in [-0.1, -0.05) is 37.6 Å². The monoisotopic (exact) mass is 390 g/mol. The minimum Gasteiger partial charge on any atom is -0.456 e. The number of furan rings is 1. The van der Waals surface area contributed by atoms with Crippen LogP contribution in [0.25, 0.3) is 17.4 Å². The first-order valence-electron chi connectivity index (χ1n) is 9.48. The van der Waals surface area contributed by atoms with E-state index in [9.17, 15) is 14.9 Å². The molecule has 148 valence electrons. The number of hydrogen-bond donors (Lipinski definition) is 1. The summed E-state index contributed by atoms with van der Waals surface area (Å²) in [5.41, 5.74) is 2.33. The first kappa shape index (κ1) is 20.1. The van der Waals surface area contributed by atoms with E-state index in [4.69, 9.17) is 4.42 Å². The second-order valence-corrected chi connectivity index (χ2v) is 6.60. The zero-order chi connectivity index (χ0) is 20.6. The van der Waals surface area contributed by atoms with E-state index < -0.39 is 4.92 Å². The largest absolute Gasteiger partial charge is 0.456 e. The molecule has 0 fully saturated rings. The minimum atomic E-state index is -0.450. The van der Waals surface area contributed by atoms with Gasteiger partial charge in [0, 0.05) is 17.8 Å². The molecule has 2 aromatic carbocycles. The van der Waals surface area contributed by atoms with E-state index >= 15 is 0 Å². The highest BCUT2D eigenvalue weighted by Gasteiger charge is 2.16. The van der Waals surface area contributed by atoms with Crippen molar-refractivity contribution in [2.45, 2.75) is 26.2 Å². The molecule has 29 heavy (non-hydrogen) atoms. The molecule has 0 saturated carbocycles. The summed E-state index contributed by atoms with van der Waals surface area (Å²) in [6, 6.07) is 17.5. The number of nitro benzene ring substituents is 1. The predicted molar refractivity (Wildman–Crippen MR) is 114 cm³/mol. The standard InChI is InChI=1S/C23H22N2O4/c1-2-3-6-17-9-11-18(12-10-17)24-23(26)16-14-19-13-15-22(29-19)20-7-4-5-8-21(20)25(27)28/h4-5,7-16H,2-3,6H2,1H3,(H,24,26)/b16-14+. The van der Waals surface area contributed by atoms with Crippen LogP contribution in [0.3, 0.4) is 0 Å². The molecule has 0 bridgehead atoms. The average Bonchev–Trinajstić information content (AvgIpc) is 3.21. The Kier molecular flexibility index (Phi) is 6.58. The number of nitro groups is 1. The van der Waals surface area contributed by atoms with Crippen molar-refractivity contribution in [1.29, 1.82) is 0 Å². The Morgan fingerprint density at radius 3 is 2.59 bits per heavy atom. The van der Waals surface area contributed by atoms with Crippen LogP contribution in [0.15, 0.2) is 71.2 Å². The van der Waals surface area contributed by atoms with Gasteiger partial charge in [-0.05, 0) is 54.8 Å². The van der Waals surface area contributed by atoms with Gasteiger partial charge in [-0.3, -0.25) is 14.9 Å². The van der Waals surface area contributed by atoms with Gasteiger partial charge in [0.05, 0.1) is 10.5 Å². The van der Waals surface area contributed by atoms with Gasteiger partial charge in [0.2, 0.25) is 5.91 Å². The Morgan fingerprint density at radius 1 is 1.10 bits per heavy atom. The van der Waals surface area contributed by atoms with Crippen LogP contribution >= 0.6 is 0 Å². The van der Waals surface area contributed by atoms with Crippen molar-refractivity contribution in [3.63, 3.8) is 0 Å². The van der Waals surface area contributed by atoms with E-state index in [0.717, 1.165) is 24.9 Å². The van der Waals surface area contributed by atoms with Crippen LogP contribution in [0.4, 0.5) is 11.4 Å². The number of carbonyl (C=O) groups excluding carboxylic acids is 1. The fraction of sp³-hybridized carbons (Fsp3) is 0.174. The van der Waals surface area contributed by atoms with E-state index in [1.165, 1.54) is 23.8 Å². The van der Waals surface area contributed by atoms with Gasteiger partial charge in [-0.15, -0.1) is 0 Å². The summed E-state index contributed by atoms with van der Waals surface area (Å²) in [5.74, 6) is 0.526. The maximum atomic E-state index is 12.1. The van der Waals surface area contributed by atoms with Crippen molar-refractivity contribution in [3.05, 3.63) is 88.2 Å². The second kappa shape index (κ2) is 9.50. The Hall–Kier alpha value is -3.67. The van der Waals surface area contributed by atoms with Crippen molar-refractivity contribution >= 4 is 23.4 Å². The number of nitrogens with one attached hydrogen (secondary N) is 1. The molecule has 1 heterocycles. The summed E-state index contributed by atoms with van der Waals surface area (Å²) < 4.78 is 5.64. The summed E-state index contributed by atoms with van der Waals surface area (Å²) in [5, 5.41) is 14.0. The highest BCUT2D eigenvalue weighted by molar-refractivity contribution is 6.01. The summed E-state index contributed by atoms with van der Waals surface area (Å²) in [7, 11) is 0. The third kappa shape index (κ3) is 5.42. The van der Waals surface area contributed by atoms with Crippen LogP contribution in [-0.4, -0.2) is 10.8 Å². The molecule has 3 rings (SSSR count). The number of para-hydroxylation sites is 1. The second-order valence-electron chi connectivity index (χ2n) is 6.60. The fourth-order valence-corrected chi connectivity index (χ4v) is 2.91. The molecule has 0 saturated heterocycles. The van der Waals surface area contributed by atoms with Crippen LogP contribution < -0.4 is 5.32 Å². The maximum Gasteiger partial charge on any atom is 0.280 e. The van der Waals surface area contributed by atoms with Gasteiger partial charge in [-0.2, -0.15) is 0 Å². The van der Waals surface area contributed by atoms with E-state index in [-0.39, 0.29) is 11.6 Å². The van der Waals surface area contributed by atoms with Gasteiger partial charge in [0.25, 0.3) is 5.69 Å². The van der Waals surface area contributed by atoms with Gasteiger partial charge < -0.3 is 9.73 Å². The summed E-state index contributed by atoms with van der Waals surface area (Å²) in [4.78, 5) is 22.8. The first-order chi connectivity index (χ1) is 14.1. The van der Waals surface area contributed by atoms with E-state index in [1.54, 1.807) is 30.3 Å². The fourth-order valence-electron chi connectivity index (χ4n) is 2.91. The normalized spacial score (nSPS) is 10.9. The molecule has 1 amide bonds. The zero-order valence-corrected chi connectivity index (χ0v) is 16.1. The quantitative estimate of drug-likeness (QED) is 0.297. The minimum absolute atomic E-state index is 0.0301. The van der Waals surface area contributed by atoms with Gasteiger partial charge >= 0.3 is 0 Å². The molecule has 3 aromatic rings. The SMILES string of the molecule is CCCCc1ccc(NC(=O)/C=C/c2ccc(-c3ccccc3[N+](=O)[O-])o2)cc1. The van der Waals surface area contributed by atoms with Crippen LogP contribution in [-0.2, 0) is 11.2 Å². The lowest BCUT2D eigenvalue weighted by Gasteiger charge is -2.04. The molecule has 1 N–H and O–H groups in total. The number of anilines is 1. The molecule has 0 aliphatic heterocycles. The molecule has 0 unspecified atom stereocenters. The lowest BCUT2D eigenvalue weighted by atomic mass is 10.1. The summed E-state index contributed by atoms with van der Waals surface area (Å²) in [6.07, 6.45) is 6.22. The number of unbranched alkanes of at least 4 members (excludes halogenated alkanes) is 1. The van der Waals surface area contributed by atoms with Crippen molar-refractivity contribution in [1.82, 2.24) is 0 Å². The number of aryl methyl sites for hydroxylation is 1. The van der Waals surface area contributed by atoms with Gasteiger partial charge in [-0.25, -0.2) is 0 Å². The van der Waals surface area contributed by atoms with Crippen LogP contribution in [0, 0.1) is 10.1 Å². The smallest absolute Gasteiger partial charge is 0.280 e. The van der Waals surface area contributed by atoms with Crippen molar-refractivity contribution in [2.75, 3.05) is 5.32 Å². The molecule has 0 aliphatic carbocycles. The van der Waals surface area contributed by atoms with E-state index in [0.29, 0.717) is 17.1 Å². The predicted octanol–water partition coefficient (Wildman–Crippen LogP) is 5.85. The number of benzene rings is 2. The summed E-state index contributed by atoms with van der Waals surface area (Å²) in [6.45, 7) is 2.16. The third-order valence-electron chi connectivity index (χ3n) is 4.43.